The van der Waals surface area contributed by atoms with Gasteiger partial charge in [0.05, 0.1) is 13.7 Å². The average Bonchev–Trinajstić information content (AvgIpc) is 2.82. The molecule has 0 unspecified atom stereocenters. The molecule has 1 amide bonds. The van der Waals surface area contributed by atoms with E-state index in [0.717, 1.165) is 35.4 Å². The maximum absolute atomic E-state index is 13.4. The van der Waals surface area contributed by atoms with E-state index >= 15 is 0 Å². The number of fused-ring (bicyclic) bond motifs is 1. The number of pyridine rings is 1. The van der Waals surface area contributed by atoms with Crippen LogP contribution in [0.5, 0.6) is 17.2 Å². The summed E-state index contributed by atoms with van der Waals surface area (Å²) < 4.78 is 17.1. The van der Waals surface area contributed by atoms with Gasteiger partial charge in [-0.25, -0.2) is 0 Å². The Morgan fingerprint density at radius 2 is 1.87 bits per heavy atom. The summed E-state index contributed by atoms with van der Waals surface area (Å²) in [5, 5.41) is 0. The van der Waals surface area contributed by atoms with E-state index in [2.05, 4.69) is 4.98 Å². The SMILES string of the molecule is CCOc1cc(C(=O)N2CCCc3cc(OC)ccc32)ccc1OCc1ccncc1. The molecule has 0 N–H and O–H groups in total. The first kappa shape index (κ1) is 20.7. The van der Waals surface area contributed by atoms with Crippen molar-refractivity contribution in [3.63, 3.8) is 0 Å². The third-order valence-electron chi connectivity index (χ3n) is 5.28. The summed E-state index contributed by atoms with van der Waals surface area (Å²) in [7, 11) is 1.65. The van der Waals surface area contributed by atoms with Crippen molar-refractivity contribution in [2.45, 2.75) is 26.4 Å². The highest BCUT2D eigenvalue weighted by molar-refractivity contribution is 6.07. The maximum atomic E-state index is 13.4. The molecule has 31 heavy (non-hydrogen) atoms. The Hall–Kier alpha value is -3.54. The van der Waals surface area contributed by atoms with Crippen LogP contribution >= 0.6 is 0 Å². The van der Waals surface area contributed by atoms with Crippen molar-refractivity contribution < 1.29 is 19.0 Å². The van der Waals surface area contributed by atoms with Crippen molar-refractivity contribution in [2.75, 3.05) is 25.2 Å². The van der Waals surface area contributed by atoms with Crippen molar-refractivity contribution in [2.24, 2.45) is 0 Å². The monoisotopic (exact) mass is 418 g/mol. The number of rotatable bonds is 7. The molecule has 0 bridgehead atoms. The lowest BCUT2D eigenvalue weighted by Gasteiger charge is -2.30. The number of methoxy groups -OCH3 is 1. The number of hydrogen-bond donors (Lipinski definition) is 0. The van der Waals surface area contributed by atoms with Crippen molar-refractivity contribution >= 4 is 11.6 Å². The van der Waals surface area contributed by atoms with Crippen LogP contribution in [0.2, 0.25) is 0 Å². The molecule has 1 aliphatic rings. The van der Waals surface area contributed by atoms with Crippen LogP contribution < -0.4 is 19.1 Å². The first-order valence-electron chi connectivity index (χ1n) is 10.5. The molecule has 2 heterocycles. The number of amides is 1. The minimum absolute atomic E-state index is 0.0484. The molecule has 1 aliphatic heterocycles. The number of aryl methyl sites for hydroxylation is 1. The van der Waals surface area contributed by atoms with Crippen LogP contribution in [0.25, 0.3) is 0 Å². The predicted molar refractivity (Wildman–Crippen MR) is 119 cm³/mol. The number of ether oxygens (including phenoxy) is 3. The Bertz CT molecular complexity index is 1050. The molecular weight excluding hydrogens is 392 g/mol. The Kier molecular flexibility index (Phi) is 6.36. The Labute approximate surface area is 182 Å². The van der Waals surface area contributed by atoms with E-state index < -0.39 is 0 Å². The van der Waals surface area contributed by atoms with E-state index in [9.17, 15) is 4.79 Å². The van der Waals surface area contributed by atoms with Gasteiger partial charge in [0, 0.05) is 30.2 Å². The molecule has 160 valence electrons. The summed E-state index contributed by atoms with van der Waals surface area (Å²) in [6.07, 6.45) is 5.31. The number of benzene rings is 2. The van der Waals surface area contributed by atoms with Gasteiger partial charge in [-0.3, -0.25) is 9.78 Å². The summed E-state index contributed by atoms with van der Waals surface area (Å²) in [5.74, 6) is 1.93. The summed E-state index contributed by atoms with van der Waals surface area (Å²) in [6, 6.07) is 15.0. The van der Waals surface area contributed by atoms with Gasteiger partial charge in [0.2, 0.25) is 0 Å². The van der Waals surface area contributed by atoms with Crippen LogP contribution in [0.3, 0.4) is 0 Å². The van der Waals surface area contributed by atoms with Crippen molar-refractivity contribution in [1.29, 1.82) is 0 Å². The normalized spacial score (nSPS) is 12.8. The molecule has 0 atom stereocenters. The standard InChI is InChI=1S/C25H26N2O4/c1-3-30-24-16-20(6-9-23(24)31-17-18-10-12-26-13-11-18)25(28)27-14-4-5-19-15-21(29-2)7-8-22(19)27/h6-13,15-16H,3-5,14,17H2,1-2H3. The van der Waals surface area contributed by atoms with Gasteiger partial charge < -0.3 is 19.1 Å². The first-order valence-corrected chi connectivity index (χ1v) is 10.5. The van der Waals surface area contributed by atoms with Crippen LogP contribution in [0.1, 0.15) is 34.8 Å². The van der Waals surface area contributed by atoms with Crippen molar-refractivity contribution in [3.05, 3.63) is 77.6 Å². The molecule has 1 aromatic heterocycles. The van der Waals surface area contributed by atoms with E-state index in [1.807, 2.05) is 42.2 Å². The van der Waals surface area contributed by atoms with Gasteiger partial charge in [-0.05, 0) is 79.4 Å². The van der Waals surface area contributed by atoms with Crippen LogP contribution in [-0.2, 0) is 13.0 Å². The zero-order valence-corrected chi connectivity index (χ0v) is 17.8. The number of aromatic nitrogens is 1. The molecule has 3 aromatic rings. The van der Waals surface area contributed by atoms with E-state index in [1.54, 1.807) is 37.7 Å². The van der Waals surface area contributed by atoms with Crippen LogP contribution in [-0.4, -0.2) is 31.2 Å². The van der Waals surface area contributed by atoms with E-state index in [4.69, 9.17) is 14.2 Å². The minimum Gasteiger partial charge on any atom is -0.497 e. The minimum atomic E-state index is -0.0484. The highest BCUT2D eigenvalue weighted by Crippen LogP contribution is 2.34. The second kappa shape index (κ2) is 9.51. The Morgan fingerprint density at radius 1 is 1.03 bits per heavy atom. The summed E-state index contributed by atoms with van der Waals surface area (Å²) in [6.45, 7) is 3.48. The molecule has 0 aliphatic carbocycles. The Morgan fingerprint density at radius 3 is 2.65 bits per heavy atom. The van der Waals surface area contributed by atoms with Crippen molar-refractivity contribution in [1.82, 2.24) is 4.98 Å². The third-order valence-corrected chi connectivity index (χ3v) is 5.28. The first-order chi connectivity index (χ1) is 15.2. The van der Waals surface area contributed by atoms with Gasteiger partial charge in [-0.2, -0.15) is 0 Å². The number of hydrogen-bond acceptors (Lipinski definition) is 5. The predicted octanol–water partition coefficient (Wildman–Crippen LogP) is 4.66. The number of anilines is 1. The zero-order valence-electron chi connectivity index (χ0n) is 17.8. The molecule has 0 spiro atoms. The smallest absolute Gasteiger partial charge is 0.258 e. The second-order valence-corrected chi connectivity index (χ2v) is 7.29. The zero-order chi connectivity index (χ0) is 21.6. The molecule has 4 rings (SSSR count). The lowest BCUT2D eigenvalue weighted by molar-refractivity contribution is 0.0984. The van der Waals surface area contributed by atoms with Gasteiger partial charge in [0.25, 0.3) is 5.91 Å². The quantitative estimate of drug-likeness (QED) is 0.558. The molecule has 0 fully saturated rings. The fourth-order valence-corrected chi connectivity index (χ4v) is 3.74. The molecule has 2 aromatic carbocycles. The van der Waals surface area contributed by atoms with Crippen molar-refractivity contribution in [3.8, 4) is 17.2 Å². The van der Waals surface area contributed by atoms with Gasteiger partial charge in [0.1, 0.15) is 12.4 Å². The fraction of sp³-hybridized carbons (Fsp3) is 0.280. The van der Waals surface area contributed by atoms with Gasteiger partial charge >= 0.3 is 0 Å². The van der Waals surface area contributed by atoms with Gasteiger partial charge in [0.15, 0.2) is 11.5 Å². The Balaban J connectivity index is 1.57. The molecular formula is C25H26N2O4. The average molecular weight is 418 g/mol. The summed E-state index contributed by atoms with van der Waals surface area (Å²) in [5.41, 5.74) is 3.65. The summed E-state index contributed by atoms with van der Waals surface area (Å²) >= 11 is 0. The molecule has 0 radical (unpaired) electrons. The number of carbonyl (C=O) groups is 1. The highest BCUT2D eigenvalue weighted by atomic mass is 16.5. The third kappa shape index (κ3) is 4.63. The van der Waals surface area contributed by atoms with Crippen LogP contribution in [0.15, 0.2) is 60.9 Å². The molecule has 6 nitrogen and oxygen atoms in total. The van der Waals surface area contributed by atoms with Gasteiger partial charge in [-0.15, -0.1) is 0 Å². The largest absolute Gasteiger partial charge is 0.497 e. The second-order valence-electron chi connectivity index (χ2n) is 7.29. The van der Waals surface area contributed by atoms with Crippen LogP contribution in [0.4, 0.5) is 5.69 Å². The van der Waals surface area contributed by atoms with Crippen LogP contribution in [0, 0.1) is 0 Å². The lowest BCUT2D eigenvalue weighted by Crippen LogP contribution is -2.35. The van der Waals surface area contributed by atoms with Gasteiger partial charge in [-0.1, -0.05) is 0 Å². The summed E-state index contributed by atoms with van der Waals surface area (Å²) in [4.78, 5) is 19.2. The highest BCUT2D eigenvalue weighted by Gasteiger charge is 2.25. The topological polar surface area (TPSA) is 60.9 Å². The molecule has 0 saturated heterocycles. The van der Waals surface area contributed by atoms with E-state index in [-0.39, 0.29) is 5.91 Å². The van der Waals surface area contributed by atoms with E-state index in [0.29, 0.717) is 36.8 Å². The fourth-order valence-electron chi connectivity index (χ4n) is 3.74. The lowest BCUT2D eigenvalue weighted by atomic mass is 10.00. The van der Waals surface area contributed by atoms with E-state index in [1.165, 1.54) is 0 Å². The molecule has 0 saturated carbocycles. The maximum Gasteiger partial charge on any atom is 0.258 e. The number of carbonyl (C=O) groups excluding carboxylic acids is 1. The number of nitrogens with zero attached hydrogens (tertiary/aromatic N) is 2. The molecule has 6 heteroatoms.